The molecule has 0 bridgehead atoms. The van der Waals surface area contributed by atoms with Crippen LogP contribution in [-0.4, -0.2) is 20.4 Å². The standard InChI is InChI=1S/C11H5N5S2/c12-6-8-13-15-10(17-8)11-16-14-9(18-11)7-4-2-1-3-5-7/h1-5H. The molecule has 0 radical (unpaired) electrons. The summed E-state index contributed by atoms with van der Waals surface area (Å²) in [7, 11) is 0. The minimum atomic E-state index is 0.335. The molecule has 0 amide bonds. The molecule has 18 heavy (non-hydrogen) atoms. The van der Waals surface area contributed by atoms with Crippen molar-refractivity contribution in [1.82, 2.24) is 20.4 Å². The number of hydrogen-bond acceptors (Lipinski definition) is 7. The molecular weight excluding hydrogens is 266 g/mol. The van der Waals surface area contributed by atoms with Gasteiger partial charge in [0.15, 0.2) is 10.0 Å². The highest BCUT2D eigenvalue weighted by Crippen LogP contribution is 2.31. The zero-order valence-electron chi connectivity index (χ0n) is 8.94. The Kier molecular flexibility index (Phi) is 2.80. The Morgan fingerprint density at radius 3 is 2.22 bits per heavy atom. The topological polar surface area (TPSA) is 75.3 Å². The van der Waals surface area contributed by atoms with Crippen LogP contribution in [0, 0.1) is 11.3 Å². The average molecular weight is 271 g/mol. The van der Waals surface area contributed by atoms with E-state index in [0.29, 0.717) is 15.0 Å². The van der Waals surface area contributed by atoms with Crippen molar-refractivity contribution in [2.45, 2.75) is 0 Å². The molecule has 0 aliphatic carbocycles. The first kappa shape index (κ1) is 11.0. The van der Waals surface area contributed by atoms with Crippen molar-refractivity contribution in [2.75, 3.05) is 0 Å². The third-order valence-corrected chi connectivity index (χ3v) is 4.09. The Labute approximate surface area is 110 Å². The minimum Gasteiger partial charge on any atom is -0.190 e. The molecule has 0 atom stereocenters. The van der Waals surface area contributed by atoms with Gasteiger partial charge in [-0.25, -0.2) is 0 Å². The molecule has 7 heteroatoms. The van der Waals surface area contributed by atoms with E-state index in [2.05, 4.69) is 20.4 Å². The minimum absolute atomic E-state index is 0.335. The van der Waals surface area contributed by atoms with Crippen LogP contribution in [0.25, 0.3) is 20.6 Å². The van der Waals surface area contributed by atoms with Crippen molar-refractivity contribution in [3.8, 4) is 26.7 Å². The lowest BCUT2D eigenvalue weighted by Gasteiger charge is -1.91. The third-order valence-electron chi connectivity index (χ3n) is 2.15. The Bertz CT molecular complexity index is 710. The second kappa shape index (κ2) is 4.60. The summed E-state index contributed by atoms with van der Waals surface area (Å²) in [6, 6.07) is 11.8. The van der Waals surface area contributed by atoms with Crippen LogP contribution in [0.5, 0.6) is 0 Å². The van der Waals surface area contributed by atoms with Crippen LogP contribution in [0.3, 0.4) is 0 Å². The van der Waals surface area contributed by atoms with Crippen LogP contribution in [0.2, 0.25) is 0 Å². The van der Waals surface area contributed by atoms with Crippen molar-refractivity contribution in [2.24, 2.45) is 0 Å². The molecular formula is C11H5N5S2. The van der Waals surface area contributed by atoms with Gasteiger partial charge in [0.1, 0.15) is 11.1 Å². The summed E-state index contributed by atoms with van der Waals surface area (Å²) in [5.74, 6) is 0. The van der Waals surface area contributed by atoms with Gasteiger partial charge in [0.05, 0.1) is 0 Å². The van der Waals surface area contributed by atoms with E-state index in [1.54, 1.807) is 0 Å². The molecule has 0 aliphatic heterocycles. The summed E-state index contributed by atoms with van der Waals surface area (Å²) >= 11 is 2.66. The number of benzene rings is 1. The van der Waals surface area contributed by atoms with Crippen molar-refractivity contribution >= 4 is 22.7 Å². The first-order chi connectivity index (χ1) is 8.86. The van der Waals surface area contributed by atoms with Gasteiger partial charge in [-0.05, 0) is 0 Å². The lowest BCUT2D eigenvalue weighted by molar-refractivity contribution is 1.05. The molecule has 0 saturated heterocycles. The lowest BCUT2D eigenvalue weighted by Crippen LogP contribution is -1.76. The van der Waals surface area contributed by atoms with E-state index in [1.807, 2.05) is 36.4 Å². The van der Waals surface area contributed by atoms with E-state index < -0.39 is 0 Å². The zero-order chi connectivity index (χ0) is 12.4. The van der Waals surface area contributed by atoms with Crippen LogP contribution in [0.1, 0.15) is 5.01 Å². The van der Waals surface area contributed by atoms with E-state index >= 15 is 0 Å². The summed E-state index contributed by atoms with van der Waals surface area (Å²) in [5.41, 5.74) is 1.02. The lowest BCUT2D eigenvalue weighted by atomic mass is 10.2. The molecule has 5 nitrogen and oxygen atoms in total. The van der Waals surface area contributed by atoms with Crippen LogP contribution in [0.4, 0.5) is 0 Å². The summed E-state index contributed by atoms with van der Waals surface area (Å²) in [4.78, 5) is 0. The summed E-state index contributed by atoms with van der Waals surface area (Å²) in [5, 5.41) is 27.0. The van der Waals surface area contributed by atoms with Gasteiger partial charge >= 0.3 is 0 Å². The van der Waals surface area contributed by atoms with E-state index in [9.17, 15) is 0 Å². The molecule has 86 valence electrons. The Balaban J connectivity index is 1.97. The molecule has 0 unspecified atom stereocenters. The van der Waals surface area contributed by atoms with E-state index in [-0.39, 0.29) is 0 Å². The smallest absolute Gasteiger partial charge is 0.190 e. The van der Waals surface area contributed by atoms with Crippen molar-refractivity contribution in [3.05, 3.63) is 35.3 Å². The highest BCUT2D eigenvalue weighted by molar-refractivity contribution is 7.23. The molecule has 0 N–H and O–H groups in total. The van der Waals surface area contributed by atoms with Gasteiger partial charge < -0.3 is 0 Å². The van der Waals surface area contributed by atoms with Crippen LogP contribution in [0.15, 0.2) is 30.3 Å². The molecule has 0 spiro atoms. The first-order valence-electron chi connectivity index (χ1n) is 5.00. The maximum Gasteiger partial charge on any atom is 0.218 e. The van der Waals surface area contributed by atoms with Crippen molar-refractivity contribution in [1.29, 1.82) is 5.26 Å². The normalized spacial score (nSPS) is 10.2. The molecule has 3 rings (SSSR count). The second-order valence-electron chi connectivity index (χ2n) is 3.30. The van der Waals surface area contributed by atoms with Crippen LogP contribution < -0.4 is 0 Å². The summed E-state index contributed by atoms with van der Waals surface area (Å²) in [6.45, 7) is 0. The second-order valence-corrected chi connectivity index (χ2v) is 5.26. The number of aromatic nitrogens is 4. The molecule has 3 aromatic rings. The molecule has 0 saturated carbocycles. The predicted octanol–water partition coefficient (Wildman–Crippen LogP) is 2.60. The summed E-state index contributed by atoms with van der Waals surface area (Å²) in [6.07, 6.45) is 0. The number of hydrogen-bond donors (Lipinski definition) is 0. The highest BCUT2D eigenvalue weighted by Gasteiger charge is 2.12. The Morgan fingerprint density at radius 1 is 0.833 bits per heavy atom. The quantitative estimate of drug-likeness (QED) is 0.716. The van der Waals surface area contributed by atoms with E-state index in [1.165, 1.54) is 22.7 Å². The highest BCUT2D eigenvalue weighted by atomic mass is 32.1. The maximum absolute atomic E-state index is 8.71. The van der Waals surface area contributed by atoms with Gasteiger partial charge in [0.25, 0.3) is 0 Å². The number of rotatable bonds is 2. The zero-order valence-corrected chi connectivity index (χ0v) is 10.6. The molecule has 0 aliphatic rings. The van der Waals surface area contributed by atoms with E-state index in [0.717, 1.165) is 10.6 Å². The maximum atomic E-state index is 8.71. The number of nitrogens with zero attached hydrogens (tertiary/aromatic N) is 5. The van der Waals surface area contributed by atoms with Gasteiger partial charge in [-0.3, -0.25) is 0 Å². The molecule has 1 aromatic carbocycles. The van der Waals surface area contributed by atoms with Crippen molar-refractivity contribution < 1.29 is 0 Å². The predicted molar refractivity (Wildman–Crippen MR) is 69.0 cm³/mol. The van der Waals surface area contributed by atoms with Gasteiger partial charge in [-0.2, -0.15) is 5.26 Å². The van der Waals surface area contributed by atoms with Gasteiger partial charge in [-0.1, -0.05) is 53.0 Å². The number of nitriles is 1. The summed E-state index contributed by atoms with van der Waals surface area (Å²) < 4.78 is 0. The largest absolute Gasteiger partial charge is 0.218 e. The van der Waals surface area contributed by atoms with Crippen molar-refractivity contribution in [3.63, 3.8) is 0 Å². The van der Waals surface area contributed by atoms with Crippen LogP contribution in [-0.2, 0) is 0 Å². The van der Waals surface area contributed by atoms with Gasteiger partial charge in [0, 0.05) is 5.56 Å². The Hall–Kier alpha value is -2.17. The van der Waals surface area contributed by atoms with Gasteiger partial charge in [-0.15, -0.1) is 20.4 Å². The average Bonchev–Trinajstić information content (AvgIpc) is 3.08. The monoisotopic (exact) mass is 271 g/mol. The SMILES string of the molecule is N#Cc1nnc(-c2nnc(-c3ccccc3)s2)s1. The Morgan fingerprint density at radius 2 is 1.50 bits per heavy atom. The molecule has 2 aromatic heterocycles. The fourth-order valence-electron chi connectivity index (χ4n) is 1.36. The fraction of sp³-hybridized carbons (Fsp3) is 0. The molecule has 0 fully saturated rings. The van der Waals surface area contributed by atoms with Gasteiger partial charge in [0.2, 0.25) is 5.01 Å². The van der Waals surface area contributed by atoms with Crippen LogP contribution >= 0.6 is 22.7 Å². The fourth-order valence-corrected chi connectivity index (χ4v) is 2.86. The molecule has 2 heterocycles. The van der Waals surface area contributed by atoms with E-state index in [4.69, 9.17) is 5.26 Å². The first-order valence-corrected chi connectivity index (χ1v) is 6.63. The third kappa shape index (κ3) is 1.99.